The first kappa shape index (κ1) is 23.9. The van der Waals surface area contributed by atoms with Crippen LogP contribution in [0.15, 0.2) is 66.7 Å². The second-order valence-corrected chi connectivity index (χ2v) is 9.20. The van der Waals surface area contributed by atoms with Gasteiger partial charge in [0.25, 0.3) is 5.91 Å². The number of nitrogens with zero attached hydrogens (tertiary/aromatic N) is 1. The van der Waals surface area contributed by atoms with E-state index in [1.165, 1.54) is 12.0 Å². The molecule has 2 heterocycles. The summed E-state index contributed by atoms with van der Waals surface area (Å²) in [7, 11) is 1.24. The lowest BCUT2D eigenvalue weighted by atomic mass is 9.93. The lowest BCUT2D eigenvalue weighted by Gasteiger charge is -2.26. The number of hydrogen-bond acceptors (Lipinski definition) is 4. The molecule has 0 bridgehead atoms. The van der Waals surface area contributed by atoms with Crippen molar-refractivity contribution in [2.75, 3.05) is 20.2 Å². The van der Waals surface area contributed by atoms with Gasteiger partial charge < -0.3 is 19.9 Å². The largest absolute Gasteiger partial charge is 0.468 e. The van der Waals surface area contributed by atoms with Crippen LogP contribution in [0.4, 0.5) is 0 Å². The highest BCUT2D eigenvalue weighted by atomic mass is 35.5. The summed E-state index contributed by atoms with van der Waals surface area (Å²) < 4.78 is 4.59. The van der Waals surface area contributed by atoms with Crippen molar-refractivity contribution in [3.8, 4) is 11.3 Å². The van der Waals surface area contributed by atoms with E-state index < -0.39 is 17.9 Å². The molecule has 0 saturated carbocycles. The van der Waals surface area contributed by atoms with Gasteiger partial charge in [-0.25, -0.2) is 0 Å². The quantitative estimate of drug-likeness (QED) is 0.350. The lowest BCUT2D eigenvalue weighted by molar-refractivity contribution is -0.141. The first-order chi connectivity index (χ1) is 17.4. The molecule has 2 N–H and O–H groups in total. The number of nitrogens with one attached hydrogen (secondary N) is 2. The van der Waals surface area contributed by atoms with Crippen LogP contribution in [0.5, 0.6) is 0 Å². The average molecular weight is 522 g/mol. The summed E-state index contributed by atoms with van der Waals surface area (Å²) in [6, 6.07) is 19.7. The number of ether oxygens (including phenoxy) is 1. The molecule has 1 aliphatic rings. The van der Waals surface area contributed by atoms with E-state index >= 15 is 0 Å². The van der Waals surface area contributed by atoms with Crippen molar-refractivity contribution in [3.05, 3.63) is 93.5 Å². The minimum Gasteiger partial charge on any atom is -0.468 e. The summed E-state index contributed by atoms with van der Waals surface area (Å²) in [5.41, 5.74) is 4.42. The molecule has 9 heteroatoms. The van der Waals surface area contributed by atoms with Gasteiger partial charge in [0.2, 0.25) is 5.91 Å². The Morgan fingerprint density at radius 3 is 2.56 bits per heavy atom. The first-order valence-corrected chi connectivity index (χ1v) is 11.9. The summed E-state index contributed by atoms with van der Waals surface area (Å²) in [6.45, 7) is -0.532. The van der Waals surface area contributed by atoms with Crippen LogP contribution >= 0.6 is 23.2 Å². The second-order valence-electron chi connectivity index (χ2n) is 8.36. The van der Waals surface area contributed by atoms with Crippen molar-refractivity contribution < 1.29 is 19.1 Å². The van der Waals surface area contributed by atoms with Gasteiger partial charge in [-0.2, -0.15) is 0 Å². The molecule has 1 aliphatic heterocycles. The Bertz CT molecular complexity index is 1510. The van der Waals surface area contributed by atoms with Crippen molar-refractivity contribution in [1.82, 2.24) is 15.2 Å². The molecular weight excluding hydrogens is 501 g/mol. The SMILES string of the molecule is COC(=O)CNC(=O)CN1C(=O)c2ccccc2C1c1c(-c2ccc(Cl)cc2Cl)[nH]c2ccccc12. The Balaban J connectivity index is 1.67. The minimum absolute atomic E-state index is 0.248. The highest BCUT2D eigenvalue weighted by molar-refractivity contribution is 6.36. The zero-order valence-electron chi connectivity index (χ0n) is 19.2. The maximum atomic E-state index is 13.5. The molecule has 3 aromatic carbocycles. The summed E-state index contributed by atoms with van der Waals surface area (Å²) in [5, 5.41) is 4.38. The number of carbonyl (C=O) groups is 3. The number of aromatic amines is 1. The normalized spacial score (nSPS) is 14.7. The van der Waals surface area contributed by atoms with Crippen molar-refractivity contribution in [3.63, 3.8) is 0 Å². The fourth-order valence-electron chi connectivity index (χ4n) is 4.65. The summed E-state index contributed by atoms with van der Waals surface area (Å²) in [6.07, 6.45) is 0. The highest BCUT2D eigenvalue weighted by Crippen LogP contribution is 2.46. The predicted octanol–water partition coefficient (Wildman–Crippen LogP) is 4.98. The third-order valence-electron chi connectivity index (χ3n) is 6.25. The molecular formula is C27H21Cl2N3O4. The van der Waals surface area contributed by atoms with Crippen molar-refractivity contribution in [2.24, 2.45) is 0 Å². The van der Waals surface area contributed by atoms with Crippen LogP contribution in [0.25, 0.3) is 22.2 Å². The summed E-state index contributed by atoms with van der Waals surface area (Å²) >= 11 is 12.8. The van der Waals surface area contributed by atoms with Crippen LogP contribution in [0.3, 0.4) is 0 Å². The summed E-state index contributed by atoms with van der Waals surface area (Å²) in [5.74, 6) is -1.33. The molecule has 36 heavy (non-hydrogen) atoms. The third-order valence-corrected chi connectivity index (χ3v) is 6.80. The molecule has 4 aromatic rings. The van der Waals surface area contributed by atoms with Gasteiger partial charge in [0.1, 0.15) is 13.1 Å². The van der Waals surface area contributed by atoms with Gasteiger partial charge in [0.05, 0.1) is 23.9 Å². The summed E-state index contributed by atoms with van der Waals surface area (Å²) in [4.78, 5) is 42.8. The van der Waals surface area contributed by atoms with E-state index in [0.29, 0.717) is 15.6 Å². The molecule has 1 unspecified atom stereocenters. The Hall–Kier alpha value is -3.81. The van der Waals surface area contributed by atoms with E-state index in [0.717, 1.165) is 33.3 Å². The highest BCUT2D eigenvalue weighted by Gasteiger charge is 2.41. The number of rotatable bonds is 6. The maximum Gasteiger partial charge on any atom is 0.325 e. The van der Waals surface area contributed by atoms with Crippen LogP contribution in [0.1, 0.15) is 27.5 Å². The molecule has 1 aromatic heterocycles. The molecule has 0 fully saturated rings. The molecule has 0 spiro atoms. The van der Waals surface area contributed by atoms with Crippen LogP contribution in [0, 0.1) is 0 Å². The van der Waals surface area contributed by atoms with Gasteiger partial charge in [-0.15, -0.1) is 0 Å². The average Bonchev–Trinajstić information content (AvgIpc) is 3.37. The molecule has 0 aliphatic carbocycles. The molecule has 0 radical (unpaired) electrons. The number of esters is 1. The fraction of sp³-hybridized carbons (Fsp3) is 0.148. The lowest BCUT2D eigenvalue weighted by Crippen LogP contribution is -2.41. The number of H-pyrrole nitrogens is 1. The topological polar surface area (TPSA) is 91.5 Å². The first-order valence-electron chi connectivity index (χ1n) is 11.2. The van der Waals surface area contributed by atoms with E-state index in [1.54, 1.807) is 24.3 Å². The molecule has 182 valence electrons. The predicted molar refractivity (Wildman–Crippen MR) is 138 cm³/mol. The van der Waals surface area contributed by atoms with E-state index in [2.05, 4.69) is 15.0 Å². The van der Waals surface area contributed by atoms with Crippen LogP contribution in [-0.4, -0.2) is 47.9 Å². The smallest absolute Gasteiger partial charge is 0.325 e. The number of fused-ring (bicyclic) bond motifs is 2. The number of amides is 2. The van der Waals surface area contributed by atoms with Gasteiger partial charge in [-0.1, -0.05) is 59.6 Å². The monoisotopic (exact) mass is 521 g/mol. The van der Waals surface area contributed by atoms with Crippen molar-refractivity contribution >= 4 is 51.9 Å². The Labute approximate surface area is 216 Å². The van der Waals surface area contributed by atoms with Crippen LogP contribution in [0.2, 0.25) is 10.0 Å². The zero-order valence-corrected chi connectivity index (χ0v) is 20.7. The molecule has 5 rings (SSSR count). The number of hydrogen-bond donors (Lipinski definition) is 2. The third kappa shape index (κ3) is 4.21. The van der Waals surface area contributed by atoms with Gasteiger partial charge in [0.15, 0.2) is 0 Å². The Morgan fingerprint density at radius 2 is 1.78 bits per heavy atom. The number of benzene rings is 3. The fourth-order valence-corrected chi connectivity index (χ4v) is 5.15. The van der Waals surface area contributed by atoms with Crippen molar-refractivity contribution in [1.29, 1.82) is 0 Å². The Kier molecular flexibility index (Phi) is 6.43. The maximum absolute atomic E-state index is 13.5. The van der Waals surface area contributed by atoms with E-state index in [-0.39, 0.29) is 19.0 Å². The van der Waals surface area contributed by atoms with Crippen molar-refractivity contribution in [2.45, 2.75) is 6.04 Å². The number of carbonyl (C=O) groups excluding carboxylic acids is 3. The molecule has 0 saturated heterocycles. The number of para-hydroxylation sites is 1. The minimum atomic E-state index is -0.577. The number of methoxy groups -OCH3 is 1. The Morgan fingerprint density at radius 1 is 1.03 bits per heavy atom. The van der Waals surface area contributed by atoms with Gasteiger partial charge in [-0.3, -0.25) is 14.4 Å². The molecule has 1 atom stereocenters. The standard InChI is InChI=1S/C27H21Cl2N3O4/c1-36-23(34)13-30-22(33)14-32-26(16-6-2-3-7-17(16)27(32)35)24-19-8-4-5-9-21(19)31-25(24)18-11-10-15(28)12-20(18)29/h2-12,26,31H,13-14H2,1H3,(H,30,33). The van der Waals surface area contributed by atoms with Gasteiger partial charge >= 0.3 is 5.97 Å². The van der Waals surface area contributed by atoms with E-state index in [4.69, 9.17) is 23.2 Å². The van der Waals surface area contributed by atoms with Crippen LogP contribution < -0.4 is 5.32 Å². The molecule has 2 amide bonds. The van der Waals surface area contributed by atoms with Gasteiger partial charge in [-0.05, 0) is 35.9 Å². The zero-order chi connectivity index (χ0) is 25.4. The second kappa shape index (κ2) is 9.68. The molecule has 7 nitrogen and oxygen atoms in total. The number of halogens is 2. The van der Waals surface area contributed by atoms with E-state index in [1.807, 2.05) is 42.5 Å². The van der Waals surface area contributed by atoms with Gasteiger partial charge in [0, 0.05) is 32.6 Å². The number of aromatic nitrogens is 1. The van der Waals surface area contributed by atoms with E-state index in [9.17, 15) is 14.4 Å². The van der Waals surface area contributed by atoms with Crippen LogP contribution in [-0.2, 0) is 14.3 Å².